The van der Waals surface area contributed by atoms with Gasteiger partial charge in [-0.3, -0.25) is 0 Å². The Morgan fingerprint density at radius 3 is 2.40 bits per heavy atom. The number of rotatable bonds is 7. The normalized spacial score (nSPS) is 32.5. The molecule has 8 atom stereocenters. The van der Waals surface area contributed by atoms with Crippen molar-refractivity contribution in [1.82, 2.24) is 0 Å². The lowest BCUT2D eigenvalue weighted by Crippen LogP contribution is -2.60. The highest BCUT2D eigenvalue weighted by molar-refractivity contribution is 6.07. The van der Waals surface area contributed by atoms with Crippen molar-refractivity contribution in [2.75, 3.05) is 26.9 Å². The highest BCUT2D eigenvalue weighted by Gasteiger charge is 2.50. The first-order valence-corrected chi connectivity index (χ1v) is 12.4. The summed E-state index contributed by atoms with van der Waals surface area (Å²) < 4.78 is 32.6. The summed E-state index contributed by atoms with van der Waals surface area (Å²) in [6.07, 6.45) is -11.1. The van der Waals surface area contributed by atoms with E-state index in [4.69, 9.17) is 28.1 Å². The minimum absolute atomic E-state index is 0.0689. The van der Waals surface area contributed by atoms with Crippen LogP contribution in [-0.4, -0.2) is 111 Å². The quantitative estimate of drug-likeness (QED) is 0.164. The third-order valence-corrected chi connectivity index (χ3v) is 7.15. The number of fused-ring (bicyclic) bond motifs is 2. The van der Waals surface area contributed by atoms with E-state index in [9.17, 15) is 40.5 Å². The molecule has 2 aliphatic rings. The van der Waals surface area contributed by atoms with Gasteiger partial charge in [-0.25, -0.2) is 4.79 Å². The molecule has 2 aliphatic heterocycles. The van der Waals surface area contributed by atoms with Crippen LogP contribution in [0.4, 0.5) is 0 Å². The standard InChI is InChI=1S/C26H30O14/c1-10-3-11-4-12-5-13(35-2)6-14(16(12)19(29)17(11)23(33)38-10)39-24-21(31)20(30)18(28)15(40-24)7-36-25-22(32)26(34,8-27)9-37-25/h3-6,15,18,20-22,24-25,27-32,34H,7-9H2,1-2H3. The topological polar surface area (TPSA) is 218 Å². The Balaban J connectivity index is 1.45. The summed E-state index contributed by atoms with van der Waals surface area (Å²) in [5, 5.41) is 73.1. The van der Waals surface area contributed by atoms with E-state index >= 15 is 0 Å². The Morgan fingerprint density at radius 1 is 1.00 bits per heavy atom. The Hall–Kier alpha value is -3.05. The molecular weight excluding hydrogens is 536 g/mol. The number of aryl methyl sites for hydroxylation is 1. The summed E-state index contributed by atoms with van der Waals surface area (Å²) in [6, 6.07) is 6.18. The fourth-order valence-corrected chi connectivity index (χ4v) is 4.87. The van der Waals surface area contributed by atoms with Crippen LogP contribution >= 0.6 is 0 Å². The number of hydrogen-bond donors (Lipinski definition) is 7. The fraction of sp³-hybridized carbons (Fsp3) is 0.500. The van der Waals surface area contributed by atoms with Gasteiger partial charge in [0.25, 0.3) is 0 Å². The number of ether oxygens (including phenoxy) is 5. The van der Waals surface area contributed by atoms with E-state index in [1.807, 2.05) is 0 Å². The zero-order valence-corrected chi connectivity index (χ0v) is 21.5. The van der Waals surface area contributed by atoms with E-state index in [0.29, 0.717) is 22.3 Å². The first kappa shape index (κ1) is 28.5. The summed E-state index contributed by atoms with van der Waals surface area (Å²) in [6.45, 7) is -0.0789. The molecule has 2 saturated heterocycles. The molecule has 3 heterocycles. The number of phenols is 1. The number of benzene rings is 2. The van der Waals surface area contributed by atoms with Gasteiger partial charge < -0.3 is 63.8 Å². The second-order valence-corrected chi connectivity index (χ2v) is 9.91. The van der Waals surface area contributed by atoms with Crippen LogP contribution in [0, 0.1) is 6.92 Å². The lowest BCUT2D eigenvalue weighted by atomic mass is 9.98. The molecule has 8 unspecified atom stereocenters. The minimum Gasteiger partial charge on any atom is -0.506 e. The van der Waals surface area contributed by atoms with Crippen molar-refractivity contribution < 1.29 is 63.8 Å². The molecule has 0 spiro atoms. The van der Waals surface area contributed by atoms with Gasteiger partial charge in [0.2, 0.25) is 6.29 Å². The van der Waals surface area contributed by atoms with Crippen LogP contribution in [0.5, 0.6) is 17.2 Å². The molecule has 40 heavy (non-hydrogen) atoms. The van der Waals surface area contributed by atoms with Crippen LogP contribution < -0.4 is 15.1 Å². The monoisotopic (exact) mass is 566 g/mol. The zero-order chi connectivity index (χ0) is 28.9. The van der Waals surface area contributed by atoms with E-state index in [1.54, 1.807) is 25.1 Å². The van der Waals surface area contributed by atoms with Crippen LogP contribution in [0.1, 0.15) is 5.76 Å². The van der Waals surface area contributed by atoms with E-state index in [-0.39, 0.29) is 16.5 Å². The number of aliphatic hydroxyl groups excluding tert-OH is 5. The molecule has 2 aromatic carbocycles. The van der Waals surface area contributed by atoms with Crippen LogP contribution in [0.3, 0.4) is 0 Å². The predicted octanol–water partition coefficient (Wildman–Crippen LogP) is -1.39. The molecular formula is C26H30O14. The van der Waals surface area contributed by atoms with Crippen LogP contribution in [-0.2, 0) is 14.2 Å². The van der Waals surface area contributed by atoms with Crippen molar-refractivity contribution in [2.45, 2.75) is 55.6 Å². The molecule has 5 rings (SSSR count). The summed E-state index contributed by atoms with van der Waals surface area (Å²) in [5.41, 5.74) is -2.71. The maximum Gasteiger partial charge on any atom is 0.347 e. The second-order valence-electron chi connectivity index (χ2n) is 9.91. The maximum absolute atomic E-state index is 12.5. The van der Waals surface area contributed by atoms with E-state index in [2.05, 4.69) is 0 Å². The summed E-state index contributed by atoms with van der Waals surface area (Å²) in [7, 11) is 1.40. The number of phenolic OH excluding ortho intramolecular Hbond substituents is 1. The SMILES string of the molecule is COc1cc(OC2OC(COC3OCC(O)(CO)C3O)C(O)C(O)C2O)c2c(O)c3c(=O)oc(C)cc3cc2c1. The van der Waals surface area contributed by atoms with Gasteiger partial charge in [0, 0.05) is 6.07 Å². The Kier molecular flexibility index (Phi) is 7.64. The molecule has 2 fully saturated rings. The smallest absolute Gasteiger partial charge is 0.347 e. The predicted molar refractivity (Wildman–Crippen MR) is 134 cm³/mol. The minimum atomic E-state index is -1.94. The Bertz CT molecular complexity index is 1460. The number of aromatic hydroxyl groups is 1. The van der Waals surface area contributed by atoms with Crippen molar-refractivity contribution in [1.29, 1.82) is 0 Å². The molecule has 1 aromatic heterocycles. The number of methoxy groups -OCH3 is 1. The van der Waals surface area contributed by atoms with Crippen LogP contribution in [0.25, 0.3) is 21.5 Å². The molecule has 0 radical (unpaired) electrons. The van der Waals surface area contributed by atoms with Gasteiger partial charge in [-0.05, 0) is 35.9 Å². The van der Waals surface area contributed by atoms with Crippen LogP contribution in [0.2, 0.25) is 0 Å². The van der Waals surface area contributed by atoms with E-state index in [1.165, 1.54) is 13.2 Å². The summed E-state index contributed by atoms with van der Waals surface area (Å²) in [5.74, 6) is 0.110. The highest BCUT2D eigenvalue weighted by Crippen LogP contribution is 2.42. The molecule has 218 valence electrons. The molecule has 3 aromatic rings. The van der Waals surface area contributed by atoms with Gasteiger partial charge in [0.1, 0.15) is 64.5 Å². The maximum atomic E-state index is 12.5. The van der Waals surface area contributed by atoms with Crippen molar-refractivity contribution in [2.24, 2.45) is 0 Å². The van der Waals surface area contributed by atoms with Gasteiger partial charge in [0.05, 0.1) is 32.3 Å². The number of aliphatic hydroxyl groups is 6. The van der Waals surface area contributed by atoms with Crippen LogP contribution in [0.15, 0.2) is 33.5 Å². The van der Waals surface area contributed by atoms with Crippen molar-refractivity contribution in [3.05, 3.63) is 40.4 Å². The number of hydrogen-bond acceptors (Lipinski definition) is 14. The molecule has 7 N–H and O–H groups in total. The van der Waals surface area contributed by atoms with Gasteiger partial charge in [-0.2, -0.15) is 0 Å². The summed E-state index contributed by atoms with van der Waals surface area (Å²) >= 11 is 0. The largest absolute Gasteiger partial charge is 0.506 e. The first-order valence-electron chi connectivity index (χ1n) is 12.4. The first-order chi connectivity index (χ1) is 19.0. The lowest BCUT2D eigenvalue weighted by molar-refractivity contribution is -0.289. The Morgan fingerprint density at radius 2 is 1.73 bits per heavy atom. The Labute approximate surface area is 226 Å². The van der Waals surface area contributed by atoms with Gasteiger partial charge in [-0.15, -0.1) is 0 Å². The average molecular weight is 567 g/mol. The van der Waals surface area contributed by atoms with E-state index in [0.717, 1.165) is 0 Å². The lowest BCUT2D eigenvalue weighted by Gasteiger charge is -2.40. The highest BCUT2D eigenvalue weighted by atomic mass is 16.7. The molecule has 0 amide bonds. The van der Waals surface area contributed by atoms with E-state index < -0.39 is 79.9 Å². The molecule has 0 saturated carbocycles. The van der Waals surface area contributed by atoms with Gasteiger partial charge in [0.15, 0.2) is 6.29 Å². The van der Waals surface area contributed by atoms with Crippen molar-refractivity contribution >= 4 is 21.5 Å². The third kappa shape index (κ3) is 4.87. The molecule has 14 heteroatoms. The fourth-order valence-electron chi connectivity index (χ4n) is 4.87. The van der Waals surface area contributed by atoms with Crippen molar-refractivity contribution in [3.8, 4) is 17.2 Å². The molecule has 0 bridgehead atoms. The van der Waals surface area contributed by atoms with Gasteiger partial charge in [-0.1, -0.05) is 0 Å². The molecule has 0 aliphatic carbocycles. The zero-order valence-electron chi connectivity index (χ0n) is 21.5. The van der Waals surface area contributed by atoms with Gasteiger partial charge >= 0.3 is 5.63 Å². The van der Waals surface area contributed by atoms with Crippen molar-refractivity contribution in [3.63, 3.8) is 0 Å². The average Bonchev–Trinajstić information content (AvgIpc) is 3.21. The third-order valence-electron chi connectivity index (χ3n) is 7.15. The second kappa shape index (κ2) is 10.7. The summed E-state index contributed by atoms with van der Waals surface area (Å²) in [4.78, 5) is 12.5. The molecule has 14 nitrogen and oxygen atoms in total.